The van der Waals surface area contributed by atoms with Crippen molar-refractivity contribution in [3.63, 3.8) is 0 Å². The van der Waals surface area contributed by atoms with E-state index in [2.05, 4.69) is 5.32 Å². The maximum Gasteiger partial charge on any atom is 0.320 e. The maximum absolute atomic E-state index is 11.3. The summed E-state index contributed by atoms with van der Waals surface area (Å²) in [5, 5.41) is 21.0. The van der Waals surface area contributed by atoms with E-state index in [1.54, 1.807) is 0 Å². The number of unbranched alkanes of at least 4 members (excludes halogenated alkanes) is 11. The highest BCUT2D eigenvalue weighted by atomic mass is 16.4. The van der Waals surface area contributed by atoms with Crippen LogP contribution in [0.4, 0.5) is 0 Å². The fourth-order valence-electron chi connectivity index (χ4n) is 3.07. The summed E-state index contributed by atoms with van der Waals surface area (Å²) in [4.78, 5) is 21.7. The predicted molar refractivity (Wildman–Crippen MR) is 105 cm³/mol. The molecule has 5 N–H and O–H groups in total. The summed E-state index contributed by atoms with van der Waals surface area (Å²) in [6.45, 7) is 1.50. The molecule has 0 bridgehead atoms. The number of nitrogens with one attached hydrogen (secondary N) is 1. The van der Waals surface area contributed by atoms with E-state index in [4.69, 9.17) is 10.8 Å². The summed E-state index contributed by atoms with van der Waals surface area (Å²) in [5.41, 5.74) is 5.45. The van der Waals surface area contributed by atoms with Crippen molar-refractivity contribution in [1.82, 2.24) is 5.32 Å². The van der Waals surface area contributed by atoms with Crippen molar-refractivity contribution >= 4 is 11.9 Å². The minimum atomic E-state index is -0.742. The second kappa shape index (κ2) is 18.6. The molecule has 6 nitrogen and oxygen atoms in total. The molecule has 0 saturated heterocycles. The van der Waals surface area contributed by atoms with Gasteiger partial charge in [0.1, 0.15) is 6.04 Å². The van der Waals surface area contributed by atoms with E-state index < -0.39 is 18.0 Å². The Bertz CT molecular complexity index is 351. The molecule has 0 aromatic rings. The van der Waals surface area contributed by atoms with Gasteiger partial charge in [-0.05, 0) is 38.8 Å². The summed E-state index contributed by atoms with van der Waals surface area (Å²) in [6.07, 6.45) is 14.9. The average molecular weight is 373 g/mol. The van der Waals surface area contributed by atoms with Crippen molar-refractivity contribution in [2.75, 3.05) is 13.1 Å². The van der Waals surface area contributed by atoms with E-state index in [0.717, 1.165) is 77.3 Å². The van der Waals surface area contributed by atoms with Gasteiger partial charge < -0.3 is 21.3 Å². The SMILES string of the molecule is NCCCCCCNC(CCCCCCCCCCCC(=O)O)C(=O)O. The molecular formula is C20H40N2O4. The Balaban J connectivity index is 3.45. The molecule has 1 atom stereocenters. The van der Waals surface area contributed by atoms with Crippen LogP contribution >= 0.6 is 0 Å². The Hall–Kier alpha value is -1.14. The molecule has 0 aromatic heterocycles. The molecule has 1 unspecified atom stereocenters. The number of carboxylic acids is 2. The molecule has 0 aliphatic heterocycles. The smallest absolute Gasteiger partial charge is 0.320 e. The van der Waals surface area contributed by atoms with E-state index in [0.29, 0.717) is 6.42 Å². The quantitative estimate of drug-likeness (QED) is 0.241. The summed E-state index contributed by atoms with van der Waals surface area (Å²) in [5.74, 6) is -1.45. The van der Waals surface area contributed by atoms with Gasteiger partial charge in [-0.1, -0.05) is 64.2 Å². The number of carbonyl (C=O) groups is 2. The van der Waals surface area contributed by atoms with Gasteiger partial charge in [0, 0.05) is 6.42 Å². The van der Waals surface area contributed by atoms with Crippen molar-refractivity contribution in [3.8, 4) is 0 Å². The zero-order valence-corrected chi connectivity index (χ0v) is 16.4. The third kappa shape index (κ3) is 17.7. The van der Waals surface area contributed by atoms with Crippen molar-refractivity contribution < 1.29 is 19.8 Å². The molecule has 6 heteroatoms. The van der Waals surface area contributed by atoms with E-state index in [1.165, 1.54) is 19.3 Å². The van der Waals surface area contributed by atoms with Gasteiger partial charge in [0.25, 0.3) is 0 Å². The van der Waals surface area contributed by atoms with Crippen LogP contribution in [-0.4, -0.2) is 41.3 Å². The lowest BCUT2D eigenvalue weighted by Crippen LogP contribution is -2.37. The highest BCUT2D eigenvalue weighted by Crippen LogP contribution is 2.12. The highest BCUT2D eigenvalue weighted by Gasteiger charge is 2.15. The van der Waals surface area contributed by atoms with Gasteiger partial charge in [-0.25, -0.2) is 0 Å². The first-order valence-corrected chi connectivity index (χ1v) is 10.5. The van der Waals surface area contributed by atoms with Crippen molar-refractivity contribution in [3.05, 3.63) is 0 Å². The van der Waals surface area contributed by atoms with Crippen LogP contribution < -0.4 is 11.1 Å². The first-order valence-electron chi connectivity index (χ1n) is 10.5. The highest BCUT2D eigenvalue weighted by molar-refractivity contribution is 5.73. The van der Waals surface area contributed by atoms with Gasteiger partial charge in [0.15, 0.2) is 0 Å². The molecule has 0 spiro atoms. The monoisotopic (exact) mass is 372 g/mol. The number of rotatable bonds is 20. The Kier molecular flexibility index (Phi) is 17.8. The van der Waals surface area contributed by atoms with Crippen LogP contribution in [-0.2, 0) is 9.59 Å². The van der Waals surface area contributed by atoms with Crippen LogP contribution in [0.3, 0.4) is 0 Å². The number of hydrogen-bond donors (Lipinski definition) is 4. The van der Waals surface area contributed by atoms with E-state index in [1.807, 2.05) is 0 Å². The molecule has 0 rings (SSSR count). The third-order valence-electron chi connectivity index (χ3n) is 4.70. The molecule has 0 aliphatic rings. The van der Waals surface area contributed by atoms with Crippen LogP contribution in [0, 0.1) is 0 Å². The third-order valence-corrected chi connectivity index (χ3v) is 4.70. The van der Waals surface area contributed by atoms with E-state index >= 15 is 0 Å². The lowest BCUT2D eigenvalue weighted by molar-refractivity contribution is -0.140. The second-order valence-electron chi connectivity index (χ2n) is 7.16. The molecule has 0 heterocycles. The Morgan fingerprint density at radius 1 is 0.731 bits per heavy atom. The van der Waals surface area contributed by atoms with Crippen LogP contribution in [0.15, 0.2) is 0 Å². The molecule has 0 fully saturated rings. The molecule has 0 saturated carbocycles. The van der Waals surface area contributed by atoms with Gasteiger partial charge in [0.05, 0.1) is 0 Å². The van der Waals surface area contributed by atoms with E-state index in [-0.39, 0.29) is 6.42 Å². The van der Waals surface area contributed by atoms with Gasteiger partial charge in [0.2, 0.25) is 0 Å². The first-order chi connectivity index (χ1) is 12.6. The lowest BCUT2D eigenvalue weighted by Gasteiger charge is -2.14. The minimum Gasteiger partial charge on any atom is -0.481 e. The Morgan fingerprint density at radius 2 is 1.23 bits per heavy atom. The molecule has 0 aromatic carbocycles. The topological polar surface area (TPSA) is 113 Å². The van der Waals surface area contributed by atoms with E-state index in [9.17, 15) is 14.7 Å². The standard InChI is InChI=1S/C20H40N2O4/c21-16-12-8-9-13-17-22-18(20(25)26)14-10-6-4-2-1-3-5-7-11-15-19(23)24/h18,22H,1-17,21H2,(H,23,24)(H,25,26). The van der Waals surface area contributed by atoms with Crippen LogP contribution in [0.1, 0.15) is 96.3 Å². The number of hydrogen-bond acceptors (Lipinski definition) is 4. The summed E-state index contributed by atoms with van der Waals surface area (Å²) in [7, 11) is 0. The summed E-state index contributed by atoms with van der Waals surface area (Å²) >= 11 is 0. The normalized spacial score (nSPS) is 12.2. The number of aliphatic carboxylic acids is 2. The zero-order chi connectivity index (χ0) is 19.5. The fourth-order valence-corrected chi connectivity index (χ4v) is 3.07. The molecule has 26 heavy (non-hydrogen) atoms. The van der Waals surface area contributed by atoms with Gasteiger partial charge in [-0.3, -0.25) is 9.59 Å². The average Bonchev–Trinajstić information content (AvgIpc) is 2.60. The van der Waals surface area contributed by atoms with Crippen molar-refractivity contribution in [2.24, 2.45) is 5.73 Å². The number of carboxylic acid groups (broad SMARTS) is 2. The van der Waals surface area contributed by atoms with Crippen LogP contribution in [0.25, 0.3) is 0 Å². The van der Waals surface area contributed by atoms with Gasteiger partial charge in [-0.2, -0.15) is 0 Å². The summed E-state index contributed by atoms with van der Waals surface area (Å²) < 4.78 is 0. The maximum atomic E-state index is 11.3. The molecule has 0 aliphatic carbocycles. The Labute approximate surface area is 158 Å². The predicted octanol–water partition coefficient (Wildman–Crippen LogP) is 3.92. The Morgan fingerprint density at radius 3 is 1.77 bits per heavy atom. The van der Waals surface area contributed by atoms with Gasteiger partial charge >= 0.3 is 11.9 Å². The molecule has 154 valence electrons. The second-order valence-corrected chi connectivity index (χ2v) is 7.16. The fraction of sp³-hybridized carbons (Fsp3) is 0.900. The summed E-state index contributed by atoms with van der Waals surface area (Å²) in [6, 6.07) is -0.418. The molecule has 0 radical (unpaired) electrons. The van der Waals surface area contributed by atoms with Crippen LogP contribution in [0.2, 0.25) is 0 Å². The minimum absolute atomic E-state index is 0.284. The molecular weight excluding hydrogens is 332 g/mol. The first kappa shape index (κ1) is 24.9. The lowest BCUT2D eigenvalue weighted by atomic mass is 10.0. The van der Waals surface area contributed by atoms with Crippen LogP contribution in [0.5, 0.6) is 0 Å². The van der Waals surface area contributed by atoms with Crippen molar-refractivity contribution in [2.45, 2.75) is 102 Å². The van der Waals surface area contributed by atoms with Crippen molar-refractivity contribution in [1.29, 1.82) is 0 Å². The number of nitrogens with two attached hydrogens (primary N) is 1. The molecule has 0 amide bonds. The largest absolute Gasteiger partial charge is 0.481 e. The van der Waals surface area contributed by atoms with Gasteiger partial charge in [-0.15, -0.1) is 0 Å². The zero-order valence-electron chi connectivity index (χ0n) is 16.4.